The minimum atomic E-state index is -0.430. The SMILES string of the molecule is CC(C)COCC(O)CNCC1CCC(O)C1. The van der Waals surface area contributed by atoms with Crippen LogP contribution in [0.2, 0.25) is 0 Å². The molecule has 1 rings (SSSR count). The molecule has 4 nitrogen and oxygen atoms in total. The Bertz CT molecular complexity index is 199. The molecule has 0 aromatic heterocycles. The van der Waals surface area contributed by atoms with E-state index in [9.17, 15) is 10.2 Å². The van der Waals surface area contributed by atoms with Crippen LogP contribution in [0.15, 0.2) is 0 Å². The van der Waals surface area contributed by atoms with Crippen molar-refractivity contribution in [3.05, 3.63) is 0 Å². The van der Waals surface area contributed by atoms with Crippen LogP contribution in [0.3, 0.4) is 0 Å². The lowest BCUT2D eigenvalue weighted by Crippen LogP contribution is -2.33. The summed E-state index contributed by atoms with van der Waals surface area (Å²) in [6, 6.07) is 0. The Kier molecular flexibility index (Phi) is 7.04. The first-order chi connectivity index (χ1) is 8.08. The standard InChI is InChI=1S/C13H27NO3/c1-10(2)8-17-9-13(16)7-14-6-11-3-4-12(15)5-11/h10-16H,3-9H2,1-2H3. The van der Waals surface area contributed by atoms with Gasteiger partial charge in [0, 0.05) is 13.2 Å². The second kappa shape index (κ2) is 8.03. The van der Waals surface area contributed by atoms with Gasteiger partial charge in [0.1, 0.15) is 0 Å². The van der Waals surface area contributed by atoms with Crippen molar-refractivity contribution in [3.8, 4) is 0 Å². The van der Waals surface area contributed by atoms with Gasteiger partial charge in [0.05, 0.1) is 18.8 Å². The smallest absolute Gasteiger partial charge is 0.0897 e. The molecular weight excluding hydrogens is 218 g/mol. The molecule has 1 aliphatic carbocycles. The highest BCUT2D eigenvalue weighted by Gasteiger charge is 2.22. The quantitative estimate of drug-likeness (QED) is 0.591. The second-order valence-electron chi connectivity index (χ2n) is 5.58. The van der Waals surface area contributed by atoms with E-state index in [0.29, 0.717) is 31.6 Å². The van der Waals surface area contributed by atoms with Gasteiger partial charge in [0.15, 0.2) is 0 Å². The molecule has 0 amide bonds. The van der Waals surface area contributed by atoms with Crippen LogP contribution in [0.1, 0.15) is 33.1 Å². The number of hydrogen-bond acceptors (Lipinski definition) is 4. The molecule has 4 heteroatoms. The van der Waals surface area contributed by atoms with Gasteiger partial charge in [0.2, 0.25) is 0 Å². The van der Waals surface area contributed by atoms with Crippen LogP contribution in [-0.4, -0.2) is 48.7 Å². The lowest BCUT2D eigenvalue weighted by Gasteiger charge is -2.15. The fourth-order valence-electron chi connectivity index (χ4n) is 2.19. The van der Waals surface area contributed by atoms with Crippen molar-refractivity contribution in [2.75, 3.05) is 26.3 Å². The van der Waals surface area contributed by atoms with Gasteiger partial charge in [-0.25, -0.2) is 0 Å². The first-order valence-electron chi connectivity index (χ1n) is 6.72. The molecule has 17 heavy (non-hydrogen) atoms. The zero-order valence-electron chi connectivity index (χ0n) is 11.1. The number of aliphatic hydroxyl groups excluding tert-OH is 2. The Morgan fingerprint density at radius 2 is 2.06 bits per heavy atom. The molecule has 0 spiro atoms. The van der Waals surface area contributed by atoms with E-state index in [1.165, 1.54) is 0 Å². The van der Waals surface area contributed by atoms with Gasteiger partial charge in [0.25, 0.3) is 0 Å². The van der Waals surface area contributed by atoms with Gasteiger partial charge < -0.3 is 20.3 Å². The molecule has 1 saturated carbocycles. The molecule has 1 fully saturated rings. The van der Waals surface area contributed by atoms with Crippen molar-refractivity contribution < 1.29 is 14.9 Å². The largest absolute Gasteiger partial charge is 0.393 e. The number of nitrogens with one attached hydrogen (secondary N) is 1. The maximum atomic E-state index is 9.65. The number of hydrogen-bond donors (Lipinski definition) is 3. The van der Waals surface area contributed by atoms with Crippen LogP contribution in [0.25, 0.3) is 0 Å². The zero-order chi connectivity index (χ0) is 12.7. The second-order valence-corrected chi connectivity index (χ2v) is 5.58. The van der Waals surface area contributed by atoms with Crippen molar-refractivity contribution >= 4 is 0 Å². The van der Waals surface area contributed by atoms with Gasteiger partial charge in [-0.05, 0) is 37.6 Å². The van der Waals surface area contributed by atoms with Crippen LogP contribution in [-0.2, 0) is 4.74 Å². The van der Waals surface area contributed by atoms with Crippen molar-refractivity contribution in [1.29, 1.82) is 0 Å². The molecule has 3 N–H and O–H groups in total. The van der Waals surface area contributed by atoms with E-state index in [2.05, 4.69) is 19.2 Å². The highest BCUT2D eigenvalue weighted by atomic mass is 16.5. The molecule has 0 radical (unpaired) electrons. The van der Waals surface area contributed by atoms with Crippen molar-refractivity contribution in [1.82, 2.24) is 5.32 Å². The number of ether oxygens (including phenoxy) is 1. The Labute approximate surface area is 104 Å². The van der Waals surface area contributed by atoms with Gasteiger partial charge in [-0.1, -0.05) is 13.8 Å². The summed E-state index contributed by atoms with van der Waals surface area (Å²) in [5.41, 5.74) is 0. The summed E-state index contributed by atoms with van der Waals surface area (Å²) in [7, 11) is 0. The summed E-state index contributed by atoms with van der Waals surface area (Å²) in [5, 5.41) is 22.3. The molecule has 0 bridgehead atoms. The van der Waals surface area contributed by atoms with E-state index < -0.39 is 6.10 Å². The van der Waals surface area contributed by atoms with E-state index in [1.54, 1.807) is 0 Å². The predicted molar refractivity (Wildman–Crippen MR) is 67.9 cm³/mol. The molecule has 1 aliphatic rings. The van der Waals surface area contributed by atoms with Crippen LogP contribution >= 0.6 is 0 Å². The highest BCUT2D eigenvalue weighted by molar-refractivity contribution is 4.76. The fourth-order valence-corrected chi connectivity index (χ4v) is 2.19. The summed E-state index contributed by atoms with van der Waals surface area (Å²) in [6.07, 6.45) is 2.37. The third kappa shape index (κ3) is 6.99. The normalized spacial score (nSPS) is 26.6. The van der Waals surface area contributed by atoms with Gasteiger partial charge in [-0.3, -0.25) is 0 Å². The van der Waals surface area contributed by atoms with Gasteiger partial charge in [-0.2, -0.15) is 0 Å². The maximum Gasteiger partial charge on any atom is 0.0897 e. The van der Waals surface area contributed by atoms with E-state index in [0.717, 1.165) is 25.8 Å². The molecule has 0 aromatic carbocycles. The number of aliphatic hydroxyl groups is 2. The summed E-state index contributed by atoms with van der Waals surface area (Å²) in [6.45, 7) is 6.75. The van der Waals surface area contributed by atoms with Crippen LogP contribution < -0.4 is 5.32 Å². The minimum Gasteiger partial charge on any atom is -0.393 e. The third-order valence-corrected chi connectivity index (χ3v) is 3.09. The molecule has 0 aliphatic heterocycles. The van der Waals surface area contributed by atoms with Crippen LogP contribution in [0, 0.1) is 11.8 Å². The Morgan fingerprint density at radius 1 is 1.29 bits per heavy atom. The Hall–Kier alpha value is -0.160. The van der Waals surface area contributed by atoms with E-state index in [4.69, 9.17) is 4.74 Å². The molecular formula is C13H27NO3. The average molecular weight is 245 g/mol. The van der Waals surface area contributed by atoms with Gasteiger partial charge in [-0.15, -0.1) is 0 Å². The topological polar surface area (TPSA) is 61.7 Å². The first kappa shape index (κ1) is 14.9. The lowest BCUT2D eigenvalue weighted by molar-refractivity contribution is 0.0258. The highest BCUT2D eigenvalue weighted by Crippen LogP contribution is 2.24. The first-order valence-corrected chi connectivity index (χ1v) is 6.72. The monoisotopic (exact) mass is 245 g/mol. The third-order valence-electron chi connectivity index (χ3n) is 3.09. The summed E-state index contributed by atoms with van der Waals surface area (Å²) in [5.74, 6) is 1.07. The Balaban J connectivity index is 1.94. The molecule has 0 saturated heterocycles. The summed E-state index contributed by atoms with van der Waals surface area (Å²) in [4.78, 5) is 0. The molecule has 3 atom stereocenters. The van der Waals surface area contributed by atoms with Crippen molar-refractivity contribution in [2.24, 2.45) is 11.8 Å². The summed E-state index contributed by atoms with van der Waals surface area (Å²) >= 11 is 0. The average Bonchev–Trinajstić information content (AvgIpc) is 2.63. The van der Waals surface area contributed by atoms with Crippen molar-refractivity contribution in [3.63, 3.8) is 0 Å². The molecule has 3 unspecified atom stereocenters. The lowest BCUT2D eigenvalue weighted by atomic mass is 10.1. The predicted octanol–water partition coefficient (Wildman–Crippen LogP) is 0.770. The summed E-state index contributed by atoms with van der Waals surface area (Å²) < 4.78 is 5.37. The maximum absolute atomic E-state index is 9.65. The van der Waals surface area contributed by atoms with Crippen LogP contribution in [0.5, 0.6) is 0 Å². The molecule has 0 heterocycles. The minimum absolute atomic E-state index is 0.110. The van der Waals surface area contributed by atoms with E-state index in [1.807, 2.05) is 0 Å². The number of rotatable bonds is 8. The van der Waals surface area contributed by atoms with Gasteiger partial charge >= 0.3 is 0 Å². The molecule has 0 aromatic rings. The van der Waals surface area contributed by atoms with E-state index in [-0.39, 0.29) is 6.10 Å². The zero-order valence-corrected chi connectivity index (χ0v) is 11.1. The Morgan fingerprint density at radius 3 is 2.65 bits per heavy atom. The fraction of sp³-hybridized carbons (Fsp3) is 1.00. The molecule has 102 valence electrons. The van der Waals surface area contributed by atoms with E-state index >= 15 is 0 Å². The van der Waals surface area contributed by atoms with Crippen molar-refractivity contribution in [2.45, 2.75) is 45.3 Å². The van der Waals surface area contributed by atoms with Crippen LogP contribution in [0.4, 0.5) is 0 Å².